The predicted octanol–water partition coefficient (Wildman–Crippen LogP) is 3.43. The van der Waals surface area contributed by atoms with Gasteiger partial charge in [-0.1, -0.05) is 24.3 Å². The normalized spacial score (nSPS) is 18.7. The largest absolute Gasteiger partial charge is 0.493 e. The van der Waals surface area contributed by atoms with Crippen LogP contribution in [0.2, 0.25) is 0 Å². The molecule has 0 radical (unpaired) electrons. The molecule has 24 heavy (non-hydrogen) atoms. The van der Waals surface area contributed by atoms with Gasteiger partial charge in [-0.15, -0.1) is 0 Å². The van der Waals surface area contributed by atoms with Crippen LogP contribution < -0.4 is 9.47 Å². The van der Waals surface area contributed by atoms with E-state index in [2.05, 4.69) is 0 Å². The Morgan fingerprint density at radius 2 is 1.92 bits per heavy atom. The van der Waals surface area contributed by atoms with Crippen molar-refractivity contribution in [1.82, 2.24) is 0 Å². The molecule has 2 unspecified atom stereocenters. The first kappa shape index (κ1) is 16.2. The zero-order valence-electron chi connectivity index (χ0n) is 13.2. The number of fused-ring (bicyclic) bond motifs is 1. The van der Waals surface area contributed by atoms with Gasteiger partial charge in [0, 0.05) is 11.1 Å². The third kappa shape index (κ3) is 2.58. The highest BCUT2D eigenvalue weighted by Crippen LogP contribution is 2.46. The van der Waals surface area contributed by atoms with Crippen LogP contribution in [0.4, 0.5) is 8.78 Å². The maximum absolute atomic E-state index is 14.1. The summed E-state index contributed by atoms with van der Waals surface area (Å²) in [7, 11) is 1.25. The van der Waals surface area contributed by atoms with E-state index >= 15 is 0 Å². The van der Waals surface area contributed by atoms with Crippen LogP contribution in [0.15, 0.2) is 36.4 Å². The number of methoxy groups -OCH3 is 1. The SMILES string of the molecule is CCOC(=O)C1Oc2ccccc2C1c1ccc(F)c(F)c1OC. The summed E-state index contributed by atoms with van der Waals surface area (Å²) in [6.45, 7) is 1.88. The summed E-state index contributed by atoms with van der Waals surface area (Å²) in [4.78, 5) is 12.3. The van der Waals surface area contributed by atoms with E-state index in [0.29, 0.717) is 16.9 Å². The van der Waals surface area contributed by atoms with Crippen LogP contribution in [-0.4, -0.2) is 25.8 Å². The highest BCUT2D eigenvalue weighted by atomic mass is 19.2. The zero-order chi connectivity index (χ0) is 17.3. The maximum Gasteiger partial charge on any atom is 0.348 e. The lowest BCUT2D eigenvalue weighted by Crippen LogP contribution is -2.32. The molecule has 3 rings (SSSR count). The molecule has 1 aliphatic heterocycles. The van der Waals surface area contributed by atoms with E-state index in [1.807, 2.05) is 0 Å². The third-order valence-corrected chi connectivity index (χ3v) is 3.95. The van der Waals surface area contributed by atoms with Gasteiger partial charge >= 0.3 is 5.97 Å². The molecule has 0 spiro atoms. The molecule has 2 atom stereocenters. The molecular formula is C18H16F2O4. The number of carbonyl (C=O) groups is 1. The van der Waals surface area contributed by atoms with Gasteiger partial charge in [-0.25, -0.2) is 9.18 Å². The molecule has 4 nitrogen and oxygen atoms in total. The molecule has 2 aromatic rings. The number of rotatable bonds is 4. The molecule has 2 aromatic carbocycles. The monoisotopic (exact) mass is 334 g/mol. The molecule has 0 amide bonds. The van der Waals surface area contributed by atoms with Gasteiger partial charge in [0.25, 0.3) is 0 Å². The van der Waals surface area contributed by atoms with Crippen molar-refractivity contribution in [2.24, 2.45) is 0 Å². The highest BCUT2D eigenvalue weighted by molar-refractivity contribution is 5.79. The first-order valence-corrected chi connectivity index (χ1v) is 7.52. The maximum atomic E-state index is 14.1. The molecule has 0 saturated carbocycles. The second-order valence-corrected chi connectivity index (χ2v) is 5.29. The van der Waals surface area contributed by atoms with E-state index < -0.39 is 29.6 Å². The number of carbonyl (C=O) groups excluding carboxylic acids is 1. The molecule has 0 saturated heterocycles. The summed E-state index contributed by atoms with van der Waals surface area (Å²) in [5.74, 6) is -3.06. The van der Waals surface area contributed by atoms with Crippen molar-refractivity contribution >= 4 is 5.97 Å². The van der Waals surface area contributed by atoms with Crippen molar-refractivity contribution in [3.05, 3.63) is 59.2 Å². The molecule has 126 valence electrons. The minimum Gasteiger partial charge on any atom is -0.493 e. The van der Waals surface area contributed by atoms with Crippen molar-refractivity contribution in [2.75, 3.05) is 13.7 Å². The quantitative estimate of drug-likeness (QED) is 0.804. The van der Waals surface area contributed by atoms with Crippen LogP contribution in [0.1, 0.15) is 24.0 Å². The molecule has 1 aliphatic rings. The average molecular weight is 334 g/mol. The van der Waals surface area contributed by atoms with Gasteiger partial charge in [-0.05, 0) is 19.1 Å². The highest BCUT2D eigenvalue weighted by Gasteiger charge is 2.43. The predicted molar refractivity (Wildman–Crippen MR) is 82.2 cm³/mol. The summed E-state index contributed by atoms with van der Waals surface area (Å²) in [6, 6.07) is 9.46. The molecule has 1 heterocycles. The van der Waals surface area contributed by atoms with E-state index in [0.717, 1.165) is 6.07 Å². The minimum atomic E-state index is -1.10. The standard InChI is InChI=1S/C18H16F2O4/c1-3-23-18(21)17-14(10-6-4-5-7-13(10)24-17)11-8-9-12(19)15(20)16(11)22-2/h4-9,14,17H,3H2,1-2H3. The van der Waals surface area contributed by atoms with Crippen LogP contribution in [0, 0.1) is 11.6 Å². The Morgan fingerprint density at radius 3 is 2.62 bits per heavy atom. The number of benzene rings is 2. The molecular weight excluding hydrogens is 318 g/mol. The van der Waals surface area contributed by atoms with Gasteiger partial charge < -0.3 is 14.2 Å². The first-order valence-electron chi connectivity index (χ1n) is 7.52. The second kappa shape index (κ2) is 6.47. The Balaban J connectivity index is 2.15. The lowest BCUT2D eigenvalue weighted by molar-refractivity contribution is -0.151. The number of halogens is 2. The third-order valence-electron chi connectivity index (χ3n) is 3.95. The minimum absolute atomic E-state index is 0.191. The van der Waals surface area contributed by atoms with Gasteiger partial charge in [-0.2, -0.15) is 4.39 Å². The van der Waals surface area contributed by atoms with Crippen LogP contribution in [0.3, 0.4) is 0 Å². The van der Waals surface area contributed by atoms with Gasteiger partial charge in [-0.3, -0.25) is 0 Å². The Bertz CT molecular complexity index is 776. The van der Waals surface area contributed by atoms with E-state index in [-0.39, 0.29) is 12.4 Å². The molecule has 0 bridgehead atoms. The van der Waals surface area contributed by atoms with Crippen molar-refractivity contribution in [2.45, 2.75) is 18.9 Å². The van der Waals surface area contributed by atoms with Gasteiger partial charge in [0.15, 0.2) is 11.6 Å². The molecule has 6 heteroatoms. The topological polar surface area (TPSA) is 44.8 Å². The molecule has 0 fully saturated rings. The average Bonchev–Trinajstić information content (AvgIpc) is 2.97. The lowest BCUT2D eigenvalue weighted by Gasteiger charge is -2.20. The van der Waals surface area contributed by atoms with Crippen LogP contribution in [0.25, 0.3) is 0 Å². The van der Waals surface area contributed by atoms with Crippen molar-refractivity contribution in [3.63, 3.8) is 0 Å². The lowest BCUT2D eigenvalue weighted by atomic mass is 9.87. The van der Waals surface area contributed by atoms with E-state index in [1.54, 1.807) is 31.2 Å². The number of hydrogen-bond donors (Lipinski definition) is 0. The van der Waals surface area contributed by atoms with E-state index in [4.69, 9.17) is 14.2 Å². The van der Waals surface area contributed by atoms with Gasteiger partial charge in [0.1, 0.15) is 5.75 Å². The fourth-order valence-corrected chi connectivity index (χ4v) is 2.95. The Morgan fingerprint density at radius 1 is 1.17 bits per heavy atom. The number of hydrogen-bond acceptors (Lipinski definition) is 4. The molecule has 0 aliphatic carbocycles. The second-order valence-electron chi connectivity index (χ2n) is 5.29. The summed E-state index contributed by atoms with van der Waals surface area (Å²) in [5, 5.41) is 0. The van der Waals surface area contributed by atoms with Crippen LogP contribution in [0.5, 0.6) is 11.5 Å². The molecule has 0 aromatic heterocycles. The summed E-state index contributed by atoms with van der Waals surface area (Å²) in [5.41, 5.74) is 1.03. The van der Waals surface area contributed by atoms with Crippen LogP contribution >= 0.6 is 0 Å². The van der Waals surface area contributed by atoms with E-state index in [1.165, 1.54) is 13.2 Å². The van der Waals surface area contributed by atoms with Gasteiger partial charge in [0.2, 0.25) is 11.9 Å². The van der Waals surface area contributed by atoms with Crippen molar-refractivity contribution < 1.29 is 27.8 Å². The Kier molecular flexibility index (Phi) is 4.38. The number of esters is 1. The Labute approximate surface area is 138 Å². The number of ether oxygens (including phenoxy) is 3. The zero-order valence-corrected chi connectivity index (χ0v) is 13.2. The fourth-order valence-electron chi connectivity index (χ4n) is 2.95. The summed E-state index contributed by atoms with van der Waals surface area (Å²) in [6.07, 6.45) is -0.985. The van der Waals surface area contributed by atoms with Crippen LogP contribution in [-0.2, 0) is 9.53 Å². The number of para-hydroxylation sites is 1. The van der Waals surface area contributed by atoms with Gasteiger partial charge in [0.05, 0.1) is 19.6 Å². The smallest absolute Gasteiger partial charge is 0.348 e. The van der Waals surface area contributed by atoms with E-state index in [9.17, 15) is 13.6 Å². The summed E-state index contributed by atoms with van der Waals surface area (Å²) >= 11 is 0. The van der Waals surface area contributed by atoms with Crippen molar-refractivity contribution in [3.8, 4) is 11.5 Å². The summed E-state index contributed by atoms with van der Waals surface area (Å²) < 4.78 is 43.5. The fraction of sp³-hybridized carbons (Fsp3) is 0.278. The van der Waals surface area contributed by atoms with Crippen molar-refractivity contribution in [1.29, 1.82) is 0 Å². The molecule has 0 N–H and O–H groups in total. The first-order chi connectivity index (χ1) is 11.6. The Hall–Kier alpha value is -2.63.